The van der Waals surface area contributed by atoms with Crippen molar-refractivity contribution in [2.45, 2.75) is 12.3 Å². The minimum absolute atomic E-state index is 0.0237. The van der Waals surface area contributed by atoms with E-state index in [0.717, 1.165) is 6.07 Å². The molecule has 1 aliphatic rings. The first-order valence-electron chi connectivity index (χ1n) is 4.63. The van der Waals surface area contributed by atoms with Crippen LogP contribution in [0.1, 0.15) is 12.0 Å². The highest BCUT2D eigenvalue weighted by Crippen LogP contribution is 2.44. The highest BCUT2D eigenvalue weighted by molar-refractivity contribution is 6.32. The van der Waals surface area contributed by atoms with E-state index in [0.29, 0.717) is 0 Å². The third-order valence-corrected chi connectivity index (χ3v) is 2.56. The SMILES string of the molecule is OCCC(F)(F)c1cc(Cl)c2c(c1)OCO2. The van der Waals surface area contributed by atoms with Crippen LogP contribution in [-0.2, 0) is 5.92 Å². The van der Waals surface area contributed by atoms with Crippen LogP contribution in [0.25, 0.3) is 0 Å². The molecule has 0 radical (unpaired) electrons. The van der Waals surface area contributed by atoms with Gasteiger partial charge in [-0.05, 0) is 12.1 Å². The summed E-state index contributed by atoms with van der Waals surface area (Å²) in [6, 6.07) is 2.31. The number of hydrogen-bond donors (Lipinski definition) is 1. The molecule has 1 aromatic rings. The molecule has 1 heterocycles. The van der Waals surface area contributed by atoms with Gasteiger partial charge < -0.3 is 14.6 Å². The normalized spacial score (nSPS) is 14.2. The average molecular weight is 251 g/mol. The lowest BCUT2D eigenvalue weighted by atomic mass is 10.1. The van der Waals surface area contributed by atoms with E-state index in [1.54, 1.807) is 0 Å². The number of ether oxygens (including phenoxy) is 2. The van der Waals surface area contributed by atoms with Gasteiger partial charge in [-0.25, -0.2) is 8.78 Å². The maximum atomic E-state index is 13.5. The summed E-state index contributed by atoms with van der Waals surface area (Å²) in [5.74, 6) is -2.63. The van der Waals surface area contributed by atoms with Gasteiger partial charge in [0.05, 0.1) is 5.02 Å². The summed E-state index contributed by atoms with van der Waals surface area (Å²) in [5, 5.41) is 8.64. The Bertz CT molecular complexity index is 409. The quantitative estimate of drug-likeness (QED) is 0.896. The van der Waals surface area contributed by atoms with Crippen LogP contribution in [0.3, 0.4) is 0 Å². The molecule has 88 valence electrons. The van der Waals surface area contributed by atoms with E-state index in [9.17, 15) is 8.78 Å². The van der Waals surface area contributed by atoms with E-state index in [2.05, 4.69) is 0 Å². The van der Waals surface area contributed by atoms with Gasteiger partial charge >= 0.3 is 0 Å². The van der Waals surface area contributed by atoms with Gasteiger partial charge in [-0.2, -0.15) is 0 Å². The predicted molar refractivity (Wildman–Crippen MR) is 53.2 cm³/mol. The van der Waals surface area contributed by atoms with Crippen molar-refractivity contribution >= 4 is 11.6 Å². The molecule has 0 spiro atoms. The Balaban J connectivity index is 2.40. The summed E-state index contributed by atoms with van der Waals surface area (Å²) in [5.41, 5.74) is -0.282. The maximum Gasteiger partial charge on any atom is 0.275 e. The lowest BCUT2D eigenvalue weighted by molar-refractivity contribution is -0.0270. The number of fused-ring (bicyclic) bond motifs is 1. The molecule has 1 N–H and O–H groups in total. The standard InChI is InChI=1S/C10H9ClF2O3/c11-7-3-6(10(12,13)1-2-14)4-8-9(7)16-5-15-8/h3-4,14H,1-2,5H2. The second-order valence-corrected chi connectivity index (χ2v) is 3.78. The number of aliphatic hydroxyl groups is 1. The van der Waals surface area contributed by atoms with Crippen LogP contribution in [0.15, 0.2) is 12.1 Å². The molecule has 0 aromatic heterocycles. The van der Waals surface area contributed by atoms with Crippen LogP contribution in [0.2, 0.25) is 5.02 Å². The predicted octanol–water partition coefficient (Wildman–Crippen LogP) is 2.54. The van der Waals surface area contributed by atoms with Crippen molar-refractivity contribution in [1.82, 2.24) is 0 Å². The third-order valence-electron chi connectivity index (χ3n) is 2.28. The molecule has 3 nitrogen and oxygen atoms in total. The second-order valence-electron chi connectivity index (χ2n) is 3.37. The Labute approximate surface area is 95.5 Å². The van der Waals surface area contributed by atoms with Crippen molar-refractivity contribution in [1.29, 1.82) is 0 Å². The average Bonchev–Trinajstić information content (AvgIpc) is 2.65. The van der Waals surface area contributed by atoms with Gasteiger partial charge in [0.2, 0.25) is 6.79 Å². The van der Waals surface area contributed by atoms with E-state index in [-0.39, 0.29) is 28.9 Å². The monoisotopic (exact) mass is 250 g/mol. The van der Waals surface area contributed by atoms with Crippen molar-refractivity contribution in [3.05, 3.63) is 22.7 Å². The Kier molecular flexibility index (Phi) is 2.90. The largest absolute Gasteiger partial charge is 0.454 e. The summed E-state index contributed by atoms with van der Waals surface area (Å²) in [4.78, 5) is 0. The summed E-state index contributed by atoms with van der Waals surface area (Å²) in [7, 11) is 0. The molecule has 1 aliphatic heterocycles. The van der Waals surface area contributed by atoms with Crippen molar-refractivity contribution in [3.8, 4) is 11.5 Å². The number of benzene rings is 1. The molecule has 0 amide bonds. The number of hydrogen-bond acceptors (Lipinski definition) is 3. The third kappa shape index (κ3) is 1.92. The molecule has 0 fully saturated rings. The van der Waals surface area contributed by atoms with Gasteiger partial charge in [0.1, 0.15) is 0 Å². The van der Waals surface area contributed by atoms with Crippen LogP contribution in [0.5, 0.6) is 11.5 Å². The van der Waals surface area contributed by atoms with E-state index in [1.807, 2.05) is 0 Å². The zero-order valence-corrected chi connectivity index (χ0v) is 8.93. The smallest absolute Gasteiger partial charge is 0.275 e. The molecule has 0 unspecified atom stereocenters. The van der Waals surface area contributed by atoms with Crippen molar-refractivity contribution in [3.63, 3.8) is 0 Å². The molecule has 16 heavy (non-hydrogen) atoms. The van der Waals surface area contributed by atoms with Gasteiger partial charge in [0.15, 0.2) is 11.5 Å². The van der Waals surface area contributed by atoms with Crippen LogP contribution in [0, 0.1) is 0 Å². The summed E-state index contributed by atoms with van der Waals surface area (Å²) in [6.07, 6.45) is -0.650. The fourth-order valence-corrected chi connectivity index (χ4v) is 1.73. The van der Waals surface area contributed by atoms with Crippen LogP contribution >= 0.6 is 11.6 Å². The molecule has 0 aliphatic carbocycles. The van der Waals surface area contributed by atoms with E-state index >= 15 is 0 Å². The van der Waals surface area contributed by atoms with Gasteiger partial charge in [-0.15, -0.1) is 0 Å². The lowest BCUT2D eigenvalue weighted by Gasteiger charge is -2.16. The molecule has 0 saturated heterocycles. The first-order valence-corrected chi connectivity index (χ1v) is 5.00. The Hall–Kier alpha value is -1.07. The Morgan fingerprint density at radius 2 is 2.12 bits per heavy atom. The highest BCUT2D eigenvalue weighted by Gasteiger charge is 2.33. The number of alkyl halides is 2. The molecule has 6 heteroatoms. The number of halogens is 3. The zero-order valence-electron chi connectivity index (χ0n) is 8.17. The molecule has 1 aromatic carbocycles. The molecular weight excluding hydrogens is 242 g/mol. The van der Waals surface area contributed by atoms with E-state index in [4.69, 9.17) is 26.2 Å². The highest BCUT2D eigenvalue weighted by atomic mass is 35.5. The maximum absolute atomic E-state index is 13.5. The lowest BCUT2D eigenvalue weighted by Crippen LogP contribution is -2.15. The van der Waals surface area contributed by atoms with E-state index in [1.165, 1.54) is 6.07 Å². The molecule has 0 saturated carbocycles. The summed E-state index contributed by atoms with van der Waals surface area (Å²) in [6.45, 7) is -0.622. The fraction of sp³-hybridized carbons (Fsp3) is 0.400. The minimum atomic E-state index is -3.13. The van der Waals surface area contributed by atoms with Gasteiger partial charge in [-0.1, -0.05) is 11.6 Å². The number of aliphatic hydroxyl groups excluding tert-OH is 1. The topological polar surface area (TPSA) is 38.7 Å². The van der Waals surface area contributed by atoms with Crippen molar-refractivity contribution in [2.24, 2.45) is 0 Å². The molecule has 2 rings (SSSR count). The Morgan fingerprint density at radius 1 is 1.38 bits per heavy atom. The van der Waals surface area contributed by atoms with E-state index < -0.39 is 19.0 Å². The first-order chi connectivity index (χ1) is 7.54. The molecule has 0 atom stereocenters. The van der Waals surface area contributed by atoms with Crippen molar-refractivity contribution < 1.29 is 23.4 Å². The summed E-state index contributed by atoms with van der Waals surface area (Å²) >= 11 is 5.78. The zero-order chi connectivity index (χ0) is 11.8. The van der Waals surface area contributed by atoms with Crippen LogP contribution < -0.4 is 9.47 Å². The Morgan fingerprint density at radius 3 is 2.81 bits per heavy atom. The van der Waals surface area contributed by atoms with Crippen LogP contribution in [0.4, 0.5) is 8.78 Å². The van der Waals surface area contributed by atoms with Crippen molar-refractivity contribution in [2.75, 3.05) is 13.4 Å². The molecule has 0 bridgehead atoms. The second kappa shape index (κ2) is 4.07. The number of rotatable bonds is 3. The molecular formula is C10H9ClF2O3. The minimum Gasteiger partial charge on any atom is -0.454 e. The van der Waals surface area contributed by atoms with Gasteiger partial charge in [0, 0.05) is 18.6 Å². The van der Waals surface area contributed by atoms with Gasteiger partial charge in [-0.3, -0.25) is 0 Å². The fourth-order valence-electron chi connectivity index (χ4n) is 1.46. The first kappa shape index (κ1) is 11.4. The summed E-state index contributed by atoms with van der Waals surface area (Å²) < 4.78 is 37.0. The van der Waals surface area contributed by atoms with Gasteiger partial charge in [0.25, 0.3) is 5.92 Å². The van der Waals surface area contributed by atoms with Crippen LogP contribution in [-0.4, -0.2) is 18.5 Å².